The lowest BCUT2D eigenvalue weighted by Gasteiger charge is -2.09. The van der Waals surface area contributed by atoms with Gasteiger partial charge in [0.2, 0.25) is 11.8 Å². The van der Waals surface area contributed by atoms with Crippen molar-refractivity contribution in [2.24, 2.45) is 10.2 Å². The molecule has 48 heavy (non-hydrogen) atoms. The summed E-state index contributed by atoms with van der Waals surface area (Å²) in [7, 11) is 3.05. The molecular formula is C34H28Br2N4O8. The first-order valence-corrected chi connectivity index (χ1v) is 15.7. The number of carbonyl (C=O) groups is 4. The third-order valence-corrected chi connectivity index (χ3v) is 7.35. The van der Waals surface area contributed by atoms with Gasteiger partial charge in [-0.25, -0.2) is 20.4 Å². The van der Waals surface area contributed by atoms with Crippen LogP contribution in [-0.2, 0) is 9.59 Å². The number of benzene rings is 4. The van der Waals surface area contributed by atoms with Crippen molar-refractivity contribution in [3.8, 4) is 23.0 Å². The van der Waals surface area contributed by atoms with Crippen LogP contribution in [0.5, 0.6) is 23.0 Å². The Morgan fingerprint density at radius 1 is 0.604 bits per heavy atom. The maximum atomic E-state index is 12.6. The molecule has 0 aromatic heterocycles. The second kappa shape index (κ2) is 17.5. The molecule has 4 aromatic carbocycles. The Morgan fingerprint density at radius 3 is 1.33 bits per heavy atom. The molecule has 0 saturated heterocycles. The van der Waals surface area contributed by atoms with Gasteiger partial charge < -0.3 is 18.9 Å². The molecule has 4 rings (SSSR count). The number of esters is 2. The fourth-order valence-corrected chi connectivity index (χ4v) is 4.64. The molecule has 0 aliphatic rings. The summed E-state index contributed by atoms with van der Waals surface area (Å²) >= 11 is 6.73. The summed E-state index contributed by atoms with van der Waals surface area (Å²) < 4.78 is 22.7. The van der Waals surface area contributed by atoms with Crippen molar-refractivity contribution in [2.45, 2.75) is 12.8 Å². The molecule has 0 radical (unpaired) electrons. The highest BCUT2D eigenvalue weighted by molar-refractivity contribution is 9.10. The third-order valence-electron chi connectivity index (χ3n) is 6.37. The molecule has 0 fully saturated rings. The van der Waals surface area contributed by atoms with E-state index < -0.39 is 23.8 Å². The molecule has 4 aromatic rings. The first kappa shape index (κ1) is 35.5. The van der Waals surface area contributed by atoms with Gasteiger partial charge in [0.05, 0.1) is 37.8 Å². The number of amides is 2. The van der Waals surface area contributed by atoms with E-state index in [-0.39, 0.29) is 24.3 Å². The lowest BCUT2D eigenvalue weighted by Crippen LogP contribution is -2.23. The van der Waals surface area contributed by atoms with Gasteiger partial charge >= 0.3 is 11.9 Å². The molecule has 0 spiro atoms. The molecule has 0 saturated carbocycles. The zero-order valence-corrected chi connectivity index (χ0v) is 28.7. The zero-order chi connectivity index (χ0) is 34.5. The Hall–Kier alpha value is -5.34. The first-order valence-electron chi connectivity index (χ1n) is 14.1. The lowest BCUT2D eigenvalue weighted by atomic mass is 10.2. The number of hydrazone groups is 2. The first-order chi connectivity index (χ1) is 23.1. The van der Waals surface area contributed by atoms with Crippen LogP contribution >= 0.6 is 31.9 Å². The molecule has 0 unspecified atom stereocenters. The normalized spacial score (nSPS) is 10.8. The Balaban J connectivity index is 1.27. The topological polar surface area (TPSA) is 154 Å². The second-order valence-electron chi connectivity index (χ2n) is 9.69. The van der Waals surface area contributed by atoms with Gasteiger partial charge in [-0.15, -0.1) is 0 Å². The predicted octanol–water partition coefficient (Wildman–Crippen LogP) is 6.05. The average molecular weight is 780 g/mol. The summed E-state index contributed by atoms with van der Waals surface area (Å²) in [6, 6.07) is 22.8. The monoisotopic (exact) mass is 778 g/mol. The Kier molecular flexibility index (Phi) is 13.0. The van der Waals surface area contributed by atoms with Gasteiger partial charge in [0.25, 0.3) is 0 Å². The Bertz CT molecular complexity index is 1710. The van der Waals surface area contributed by atoms with Crippen LogP contribution in [0.4, 0.5) is 0 Å². The highest BCUT2D eigenvalue weighted by atomic mass is 79.9. The quantitative estimate of drug-likeness (QED) is 0.0720. The SMILES string of the molecule is COc1ccc(C(=O)Oc2ccc(Br)cc2/C=N/NC(=O)CCC(=O)N/N=C/c2cc(Br)ccc2OC(=O)c2ccc(OC)cc2)cc1. The minimum absolute atomic E-state index is 0.182. The van der Waals surface area contributed by atoms with Crippen molar-refractivity contribution in [2.75, 3.05) is 14.2 Å². The van der Waals surface area contributed by atoms with Gasteiger partial charge in [0, 0.05) is 32.9 Å². The van der Waals surface area contributed by atoms with Gasteiger partial charge in [0.15, 0.2) is 0 Å². The molecule has 0 heterocycles. The maximum absolute atomic E-state index is 12.6. The van der Waals surface area contributed by atoms with E-state index in [1.54, 1.807) is 84.9 Å². The smallest absolute Gasteiger partial charge is 0.343 e. The van der Waals surface area contributed by atoms with Crippen molar-refractivity contribution in [1.82, 2.24) is 10.9 Å². The summed E-state index contributed by atoms with van der Waals surface area (Å²) in [6.07, 6.45) is 2.28. The highest BCUT2D eigenvalue weighted by Crippen LogP contribution is 2.25. The molecule has 246 valence electrons. The Morgan fingerprint density at radius 2 is 0.979 bits per heavy atom. The minimum Gasteiger partial charge on any atom is -0.497 e. The average Bonchev–Trinajstić information content (AvgIpc) is 3.09. The van der Waals surface area contributed by atoms with Crippen molar-refractivity contribution in [3.05, 3.63) is 116 Å². The van der Waals surface area contributed by atoms with Crippen LogP contribution in [0.3, 0.4) is 0 Å². The summed E-state index contributed by atoms with van der Waals surface area (Å²) in [5.41, 5.74) is 6.17. The molecular weight excluding hydrogens is 752 g/mol. The summed E-state index contributed by atoms with van der Waals surface area (Å²) in [6.45, 7) is 0. The van der Waals surface area contributed by atoms with E-state index in [1.165, 1.54) is 26.6 Å². The number of rotatable bonds is 13. The highest BCUT2D eigenvalue weighted by Gasteiger charge is 2.14. The zero-order valence-electron chi connectivity index (χ0n) is 25.6. The van der Waals surface area contributed by atoms with E-state index in [2.05, 4.69) is 52.9 Å². The van der Waals surface area contributed by atoms with Crippen molar-refractivity contribution in [1.29, 1.82) is 0 Å². The van der Waals surface area contributed by atoms with Gasteiger partial charge in [-0.05, 0) is 84.9 Å². The second-order valence-corrected chi connectivity index (χ2v) is 11.5. The van der Waals surface area contributed by atoms with Crippen LogP contribution in [0.2, 0.25) is 0 Å². The molecule has 14 heteroatoms. The lowest BCUT2D eigenvalue weighted by molar-refractivity contribution is -0.126. The summed E-state index contributed by atoms with van der Waals surface area (Å²) in [5.74, 6) is -0.587. The van der Waals surface area contributed by atoms with Crippen LogP contribution in [0.25, 0.3) is 0 Å². The third kappa shape index (κ3) is 10.6. The fraction of sp³-hybridized carbons (Fsp3) is 0.118. The largest absolute Gasteiger partial charge is 0.497 e. The molecule has 0 aliphatic heterocycles. The van der Waals surface area contributed by atoms with Gasteiger partial charge in [-0.3, -0.25) is 9.59 Å². The molecule has 2 N–H and O–H groups in total. The van der Waals surface area contributed by atoms with E-state index >= 15 is 0 Å². The standard InChI is InChI=1S/C34H28Br2N4O8/c1-45-27-9-3-21(4-10-27)33(43)47-29-13-7-25(35)17-23(29)19-37-39-31(41)15-16-32(42)40-38-20-24-18-26(36)8-14-30(24)48-34(44)22-5-11-28(46-2)12-6-22/h3-14,17-20H,15-16H2,1-2H3,(H,39,41)(H,40,42)/b37-19+,38-20+. The minimum atomic E-state index is -0.585. The molecule has 0 aliphatic carbocycles. The van der Waals surface area contributed by atoms with Crippen LogP contribution < -0.4 is 29.8 Å². The van der Waals surface area contributed by atoms with E-state index in [1.807, 2.05) is 0 Å². The van der Waals surface area contributed by atoms with E-state index in [4.69, 9.17) is 18.9 Å². The van der Waals surface area contributed by atoms with E-state index in [0.717, 1.165) is 0 Å². The number of ether oxygens (including phenoxy) is 4. The Labute approximate surface area is 292 Å². The van der Waals surface area contributed by atoms with Crippen LogP contribution in [0, 0.1) is 0 Å². The molecule has 0 atom stereocenters. The number of nitrogens with one attached hydrogen (secondary N) is 2. The number of carbonyl (C=O) groups excluding carboxylic acids is 4. The number of hydrogen-bond donors (Lipinski definition) is 2. The van der Waals surface area contributed by atoms with Crippen LogP contribution in [0.15, 0.2) is 104 Å². The molecule has 0 bridgehead atoms. The summed E-state index contributed by atoms with van der Waals surface area (Å²) in [4.78, 5) is 49.9. The van der Waals surface area contributed by atoms with Crippen molar-refractivity contribution >= 4 is 68.0 Å². The molecule has 2 amide bonds. The van der Waals surface area contributed by atoms with Gasteiger partial charge in [-0.2, -0.15) is 10.2 Å². The van der Waals surface area contributed by atoms with Gasteiger partial charge in [0.1, 0.15) is 23.0 Å². The van der Waals surface area contributed by atoms with Gasteiger partial charge in [-0.1, -0.05) is 31.9 Å². The van der Waals surface area contributed by atoms with Crippen molar-refractivity contribution < 1.29 is 38.1 Å². The van der Waals surface area contributed by atoms with Crippen LogP contribution in [-0.4, -0.2) is 50.4 Å². The summed E-state index contributed by atoms with van der Waals surface area (Å²) in [5, 5.41) is 7.86. The molecule has 12 nitrogen and oxygen atoms in total. The number of halogens is 2. The maximum Gasteiger partial charge on any atom is 0.343 e. The number of methoxy groups -OCH3 is 2. The van der Waals surface area contributed by atoms with E-state index in [0.29, 0.717) is 42.7 Å². The van der Waals surface area contributed by atoms with Crippen molar-refractivity contribution in [3.63, 3.8) is 0 Å². The van der Waals surface area contributed by atoms with Crippen LogP contribution in [0.1, 0.15) is 44.7 Å². The fourth-order valence-electron chi connectivity index (χ4n) is 3.88. The predicted molar refractivity (Wildman–Crippen MR) is 185 cm³/mol. The number of hydrogen-bond acceptors (Lipinski definition) is 10. The van der Waals surface area contributed by atoms with E-state index in [9.17, 15) is 19.2 Å². The number of nitrogens with zero attached hydrogens (tertiary/aromatic N) is 2.